The zero-order valence-corrected chi connectivity index (χ0v) is 12.9. The van der Waals surface area contributed by atoms with E-state index in [9.17, 15) is 13.2 Å². The zero-order valence-electron chi connectivity index (χ0n) is 12.1. The highest BCUT2D eigenvalue weighted by Crippen LogP contribution is 2.33. The van der Waals surface area contributed by atoms with Crippen LogP contribution in [0.3, 0.4) is 0 Å². The molecule has 1 aliphatic heterocycles. The van der Waals surface area contributed by atoms with Crippen molar-refractivity contribution in [2.75, 3.05) is 31.6 Å². The molecular weight excluding hydrogens is 303 g/mol. The summed E-state index contributed by atoms with van der Waals surface area (Å²) < 4.78 is 38.8. The minimum Gasteiger partial charge on any atom is -0.352 e. The molecular formula is C14H19ClF3N3. The lowest BCUT2D eigenvalue weighted by Gasteiger charge is -2.31. The highest BCUT2D eigenvalue weighted by molar-refractivity contribution is 6.29. The van der Waals surface area contributed by atoms with E-state index >= 15 is 0 Å². The highest BCUT2D eigenvalue weighted by atomic mass is 35.5. The predicted molar refractivity (Wildman–Crippen MR) is 77.8 cm³/mol. The van der Waals surface area contributed by atoms with Crippen LogP contribution in [0.2, 0.25) is 5.15 Å². The van der Waals surface area contributed by atoms with E-state index < -0.39 is 11.7 Å². The molecule has 0 amide bonds. The summed E-state index contributed by atoms with van der Waals surface area (Å²) in [5.74, 6) is 0.317. The number of nitrogens with zero attached hydrogens (tertiary/aromatic N) is 3. The Morgan fingerprint density at radius 1 is 1.33 bits per heavy atom. The predicted octanol–water partition coefficient (Wildman–Crippen LogP) is 3.67. The fourth-order valence-corrected chi connectivity index (χ4v) is 2.89. The van der Waals surface area contributed by atoms with Gasteiger partial charge in [0.15, 0.2) is 0 Å². The lowest BCUT2D eigenvalue weighted by molar-refractivity contribution is -0.137. The molecule has 0 saturated carbocycles. The number of rotatable bonds is 2. The van der Waals surface area contributed by atoms with Crippen molar-refractivity contribution in [3.63, 3.8) is 0 Å². The van der Waals surface area contributed by atoms with E-state index in [0.29, 0.717) is 12.4 Å². The Hall–Kier alpha value is -1.01. The molecule has 2 rings (SSSR count). The molecule has 0 N–H and O–H groups in total. The molecule has 7 heteroatoms. The molecule has 118 valence electrons. The summed E-state index contributed by atoms with van der Waals surface area (Å²) in [7, 11) is 2.03. The summed E-state index contributed by atoms with van der Waals surface area (Å²) in [5.41, 5.74) is -0.745. The van der Waals surface area contributed by atoms with E-state index in [1.165, 1.54) is 0 Å². The maximum absolute atomic E-state index is 12.9. The van der Waals surface area contributed by atoms with Crippen LogP contribution in [0.5, 0.6) is 0 Å². The number of aromatic nitrogens is 1. The molecule has 3 nitrogen and oxygen atoms in total. The Balaban J connectivity index is 2.37. The second kappa shape index (κ2) is 6.40. The van der Waals surface area contributed by atoms with Gasteiger partial charge in [-0.1, -0.05) is 18.5 Å². The largest absolute Gasteiger partial charge is 0.416 e. The first kappa shape index (κ1) is 16.4. The molecule has 2 heterocycles. The Morgan fingerprint density at radius 3 is 2.67 bits per heavy atom. The fraction of sp³-hybridized carbons (Fsp3) is 0.643. The van der Waals surface area contributed by atoms with Crippen LogP contribution in [0.15, 0.2) is 12.1 Å². The molecule has 1 saturated heterocycles. The Kier molecular flexibility index (Phi) is 4.99. The summed E-state index contributed by atoms with van der Waals surface area (Å²) in [6.45, 7) is 4.46. The van der Waals surface area contributed by atoms with E-state index in [-0.39, 0.29) is 11.2 Å². The maximum atomic E-state index is 12.9. The summed E-state index contributed by atoms with van der Waals surface area (Å²) in [5, 5.41) is -0.118. The topological polar surface area (TPSA) is 19.4 Å². The first-order valence-corrected chi connectivity index (χ1v) is 7.39. The SMILES string of the molecule is CCC1CN(C)CCCN1c1cc(C(F)(F)F)cc(Cl)n1. The monoisotopic (exact) mass is 321 g/mol. The van der Waals surface area contributed by atoms with Gasteiger partial charge in [-0.3, -0.25) is 0 Å². The normalized spacial score (nSPS) is 21.4. The maximum Gasteiger partial charge on any atom is 0.416 e. The summed E-state index contributed by atoms with van der Waals surface area (Å²) >= 11 is 5.79. The van der Waals surface area contributed by atoms with Gasteiger partial charge >= 0.3 is 6.18 Å². The van der Waals surface area contributed by atoms with Crippen LogP contribution in [0.4, 0.5) is 19.0 Å². The van der Waals surface area contributed by atoms with Gasteiger partial charge in [0.2, 0.25) is 0 Å². The summed E-state index contributed by atoms with van der Waals surface area (Å²) in [4.78, 5) is 8.26. The van der Waals surface area contributed by atoms with E-state index in [2.05, 4.69) is 9.88 Å². The number of pyridine rings is 1. The van der Waals surface area contributed by atoms with E-state index in [1.807, 2.05) is 18.9 Å². The molecule has 0 radical (unpaired) electrons. The minimum absolute atomic E-state index is 0.118. The van der Waals surface area contributed by atoms with Crippen LogP contribution in [0.25, 0.3) is 0 Å². The standard InChI is InChI=1S/C14H19ClF3N3/c1-3-11-9-20(2)5-4-6-21(11)13-8-10(14(16,17)18)7-12(15)19-13/h7-8,11H,3-6,9H2,1-2H3. The van der Waals surface area contributed by atoms with Crippen LogP contribution in [-0.4, -0.2) is 42.6 Å². The van der Waals surface area contributed by atoms with Gasteiger partial charge in [-0.05, 0) is 38.6 Å². The molecule has 0 aliphatic carbocycles. The molecule has 0 aromatic carbocycles. The van der Waals surface area contributed by atoms with Crippen molar-refractivity contribution < 1.29 is 13.2 Å². The number of alkyl halides is 3. The smallest absolute Gasteiger partial charge is 0.352 e. The molecule has 1 aromatic rings. The zero-order chi connectivity index (χ0) is 15.6. The Labute approximate surface area is 127 Å². The van der Waals surface area contributed by atoms with Gasteiger partial charge in [0.1, 0.15) is 11.0 Å². The van der Waals surface area contributed by atoms with Crippen molar-refractivity contribution in [1.82, 2.24) is 9.88 Å². The summed E-state index contributed by atoms with van der Waals surface area (Å²) in [6, 6.07) is 2.11. The first-order valence-electron chi connectivity index (χ1n) is 7.01. The van der Waals surface area contributed by atoms with Crippen LogP contribution in [-0.2, 0) is 6.18 Å². The van der Waals surface area contributed by atoms with Gasteiger partial charge in [0.25, 0.3) is 0 Å². The number of hydrogen-bond acceptors (Lipinski definition) is 3. The van der Waals surface area contributed by atoms with E-state index in [1.54, 1.807) is 0 Å². The Morgan fingerprint density at radius 2 is 2.05 bits per heavy atom. The van der Waals surface area contributed by atoms with Crippen molar-refractivity contribution in [2.24, 2.45) is 0 Å². The third kappa shape index (κ3) is 4.01. The Bertz CT molecular complexity index is 493. The van der Waals surface area contributed by atoms with E-state index in [0.717, 1.165) is 38.1 Å². The molecule has 1 aromatic heterocycles. The second-order valence-electron chi connectivity index (χ2n) is 5.41. The molecule has 1 aliphatic rings. The number of hydrogen-bond donors (Lipinski definition) is 0. The molecule has 1 atom stereocenters. The highest BCUT2D eigenvalue weighted by Gasteiger charge is 2.33. The van der Waals surface area contributed by atoms with Gasteiger partial charge in [-0.25, -0.2) is 4.98 Å². The molecule has 1 unspecified atom stereocenters. The van der Waals surface area contributed by atoms with Gasteiger partial charge in [-0.2, -0.15) is 13.2 Å². The van der Waals surface area contributed by atoms with Crippen molar-refractivity contribution in [3.8, 4) is 0 Å². The van der Waals surface area contributed by atoms with Crippen LogP contribution in [0.1, 0.15) is 25.3 Å². The first-order chi connectivity index (χ1) is 9.81. The molecule has 1 fully saturated rings. The van der Waals surface area contributed by atoms with Crippen molar-refractivity contribution >= 4 is 17.4 Å². The average molecular weight is 322 g/mol. The quantitative estimate of drug-likeness (QED) is 0.775. The van der Waals surface area contributed by atoms with Gasteiger partial charge in [-0.15, -0.1) is 0 Å². The third-order valence-electron chi connectivity index (χ3n) is 3.78. The molecule has 0 spiro atoms. The third-order valence-corrected chi connectivity index (χ3v) is 3.97. The van der Waals surface area contributed by atoms with Crippen molar-refractivity contribution in [3.05, 3.63) is 22.8 Å². The van der Waals surface area contributed by atoms with Gasteiger partial charge in [0, 0.05) is 19.1 Å². The lowest BCUT2D eigenvalue weighted by Crippen LogP contribution is -2.40. The average Bonchev–Trinajstić information content (AvgIpc) is 2.58. The second-order valence-corrected chi connectivity index (χ2v) is 5.79. The van der Waals surface area contributed by atoms with Gasteiger partial charge in [0.05, 0.1) is 5.56 Å². The molecule has 0 bridgehead atoms. The van der Waals surface area contributed by atoms with Gasteiger partial charge < -0.3 is 9.80 Å². The van der Waals surface area contributed by atoms with Crippen LogP contribution < -0.4 is 4.90 Å². The van der Waals surface area contributed by atoms with Crippen molar-refractivity contribution in [1.29, 1.82) is 0 Å². The number of likely N-dealkylation sites (N-methyl/N-ethyl adjacent to an activating group) is 1. The minimum atomic E-state index is -4.41. The summed E-state index contributed by atoms with van der Waals surface area (Å²) in [6.07, 6.45) is -2.67. The van der Waals surface area contributed by atoms with Crippen LogP contribution in [0, 0.1) is 0 Å². The van der Waals surface area contributed by atoms with E-state index in [4.69, 9.17) is 11.6 Å². The number of halogens is 4. The molecule has 21 heavy (non-hydrogen) atoms. The number of anilines is 1. The van der Waals surface area contributed by atoms with Crippen LogP contribution >= 0.6 is 11.6 Å². The van der Waals surface area contributed by atoms with Crippen molar-refractivity contribution in [2.45, 2.75) is 32.0 Å². The fourth-order valence-electron chi connectivity index (χ4n) is 2.69. The lowest BCUT2D eigenvalue weighted by atomic mass is 10.1.